The average molecular weight is 296 g/mol. The smallest absolute Gasteiger partial charge is 0.0871 e. The number of hydrogen-bond donors (Lipinski definition) is 2. The van der Waals surface area contributed by atoms with E-state index in [2.05, 4.69) is 0 Å². The van der Waals surface area contributed by atoms with Crippen molar-refractivity contribution in [2.75, 3.05) is 6.54 Å². The molecule has 0 amide bonds. The van der Waals surface area contributed by atoms with E-state index in [4.69, 9.17) is 28.9 Å². The van der Waals surface area contributed by atoms with E-state index in [9.17, 15) is 5.11 Å². The number of halogens is 2. The van der Waals surface area contributed by atoms with E-state index in [1.54, 1.807) is 24.3 Å². The van der Waals surface area contributed by atoms with Crippen LogP contribution >= 0.6 is 23.2 Å². The van der Waals surface area contributed by atoms with Crippen LogP contribution in [-0.4, -0.2) is 11.7 Å². The fourth-order valence-corrected chi connectivity index (χ4v) is 2.40. The first-order chi connectivity index (χ1) is 9.11. The molecule has 0 saturated carbocycles. The van der Waals surface area contributed by atoms with E-state index >= 15 is 0 Å². The Balaban J connectivity index is 2.28. The van der Waals surface area contributed by atoms with Crippen molar-refractivity contribution in [3.63, 3.8) is 0 Å². The molecule has 0 bridgehead atoms. The summed E-state index contributed by atoms with van der Waals surface area (Å²) in [7, 11) is 0. The van der Waals surface area contributed by atoms with Crippen LogP contribution in [0.3, 0.4) is 0 Å². The zero-order chi connectivity index (χ0) is 13.8. The van der Waals surface area contributed by atoms with Gasteiger partial charge in [0.05, 0.1) is 6.10 Å². The molecule has 2 rings (SSSR count). The molecule has 19 heavy (non-hydrogen) atoms. The van der Waals surface area contributed by atoms with Crippen LogP contribution in [0.5, 0.6) is 0 Å². The van der Waals surface area contributed by atoms with Gasteiger partial charge in [-0.2, -0.15) is 0 Å². The van der Waals surface area contributed by atoms with Crippen molar-refractivity contribution in [2.24, 2.45) is 5.73 Å². The third-order valence-corrected chi connectivity index (χ3v) is 3.61. The van der Waals surface area contributed by atoms with Crippen LogP contribution in [-0.2, 0) is 0 Å². The van der Waals surface area contributed by atoms with Gasteiger partial charge in [0.25, 0.3) is 0 Å². The standard InChI is InChI=1S/C15H15Cl2NO/c16-12-6-4-10(5-7-12)14(9-18)15(19)11-2-1-3-13(17)8-11/h1-8,14-15,19H,9,18H2. The summed E-state index contributed by atoms with van der Waals surface area (Å²) in [5.74, 6) is -0.185. The van der Waals surface area contributed by atoms with Crippen LogP contribution in [0, 0.1) is 0 Å². The molecule has 0 heterocycles. The third-order valence-electron chi connectivity index (χ3n) is 3.12. The maximum absolute atomic E-state index is 10.5. The molecule has 2 nitrogen and oxygen atoms in total. The molecule has 0 aliphatic rings. The quantitative estimate of drug-likeness (QED) is 0.902. The fraction of sp³-hybridized carbons (Fsp3) is 0.200. The first kappa shape index (κ1) is 14.4. The Labute approximate surface area is 122 Å². The number of nitrogens with two attached hydrogens (primary N) is 1. The molecule has 2 aromatic carbocycles. The van der Waals surface area contributed by atoms with Gasteiger partial charge in [0.1, 0.15) is 0 Å². The summed E-state index contributed by atoms with van der Waals surface area (Å²) >= 11 is 11.8. The molecule has 0 spiro atoms. The van der Waals surface area contributed by atoms with Crippen molar-refractivity contribution >= 4 is 23.2 Å². The van der Waals surface area contributed by atoms with Crippen molar-refractivity contribution in [1.29, 1.82) is 0 Å². The fourth-order valence-electron chi connectivity index (χ4n) is 2.08. The highest BCUT2D eigenvalue weighted by Gasteiger charge is 2.21. The van der Waals surface area contributed by atoms with Gasteiger partial charge >= 0.3 is 0 Å². The maximum Gasteiger partial charge on any atom is 0.0871 e. The number of benzene rings is 2. The van der Waals surface area contributed by atoms with Gasteiger partial charge in [-0.15, -0.1) is 0 Å². The molecule has 4 heteroatoms. The number of aliphatic hydroxyl groups excluding tert-OH is 1. The Bertz CT molecular complexity index is 542. The zero-order valence-corrected chi connectivity index (χ0v) is 11.8. The van der Waals surface area contributed by atoms with Gasteiger partial charge in [-0.25, -0.2) is 0 Å². The highest BCUT2D eigenvalue weighted by Crippen LogP contribution is 2.31. The Morgan fingerprint density at radius 1 is 0.947 bits per heavy atom. The summed E-state index contributed by atoms with van der Waals surface area (Å²) in [5, 5.41) is 11.7. The van der Waals surface area contributed by atoms with Crippen LogP contribution in [0.2, 0.25) is 10.0 Å². The molecule has 0 radical (unpaired) electrons. The van der Waals surface area contributed by atoms with Gasteiger partial charge in [-0.3, -0.25) is 0 Å². The summed E-state index contributed by atoms with van der Waals surface area (Å²) in [6, 6.07) is 14.5. The summed E-state index contributed by atoms with van der Waals surface area (Å²) in [4.78, 5) is 0. The first-order valence-electron chi connectivity index (χ1n) is 6.01. The Hall–Kier alpha value is -1.06. The number of hydrogen-bond acceptors (Lipinski definition) is 2. The molecule has 2 aromatic rings. The zero-order valence-electron chi connectivity index (χ0n) is 10.3. The van der Waals surface area contributed by atoms with Crippen LogP contribution in [0.1, 0.15) is 23.1 Å². The molecule has 0 aliphatic heterocycles. The third kappa shape index (κ3) is 3.48. The minimum absolute atomic E-state index is 0.185. The summed E-state index contributed by atoms with van der Waals surface area (Å²) < 4.78 is 0. The van der Waals surface area contributed by atoms with Gasteiger partial charge in [-0.1, -0.05) is 47.5 Å². The van der Waals surface area contributed by atoms with Crippen molar-refractivity contribution < 1.29 is 5.11 Å². The lowest BCUT2D eigenvalue weighted by molar-refractivity contribution is 0.147. The van der Waals surface area contributed by atoms with Gasteiger partial charge in [0.15, 0.2) is 0 Å². The molecule has 0 saturated heterocycles. The Kier molecular flexibility index (Phi) is 4.83. The van der Waals surface area contributed by atoms with Crippen molar-refractivity contribution in [3.05, 3.63) is 69.7 Å². The van der Waals surface area contributed by atoms with Gasteiger partial charge < -0.3 is 10.8 Å². The Morgan fingerprint density at radius 3 is 2.21 bits per heavy atom. The molecule has 3 N–H and O–H groups in total. The van der Waals surface area contributed by atoms with Crippen molar-refractivity contribution in [2.45, 2.75) is 12.0 Å². The van der Waals surface area contributed by atoms with Crippen LogP contribution in [0.15, 0.2) is 48.5 Å². The summed E-state index contributed by atoms with van der Waals surface area (Å²) in [5.41, 5.74) is 7.51. The van der Waals surface area contributed by atoms with Gasteiger partial charge in [-0.05, 0) is 35.4 Å². The second-order valence-electron chi connectivity index (χ2n) is 4.39. The van der Waals surface area contributed by atoms with Crippen LogP contribution < -0.4 is 5.73 Å². The molecular formula is C15H15Cl2NO. The molecular weight excluding hydrogens is 281 g/mol. The predicted molar refractivity (Wildman–Crippen MR) is 79.7 cm³/mol. The molecule has 0 fully saturated rings. The van der Waals surface area contributed by atoms with E-state index in [1.165, 1.54) is 0 Å². The summed E-state index contributed by atoms with van der Waals surface area (Å²) in [6.45, 7) is 0.343. The minimum atomic E-state index is -0.690. The summed E-state index contributed by atoms with van der Waals surface area (Å²) in [6.07, 6.45) is -0.690. The largest absolute Gasteiger partial charge is 0.388 e. The SMILES string of the molecule is NCC(c1ccc(Cl)cc1)C(O)c1cccc(Cl)c1. The Morgan fingerprint density at radius 2 is 1.63 bits per heavy atom. The molecule has 0 aromatic heterocycles. The van der Waals surface area contributed by atoms with E-state index < -0.39 is 6.10 Å². The van der Waals surface area contributed by atoms with Crippen molar-refractivity contribution in [1.82, 2.24) is 0 Å². The van der Waals surface area contributed by atoms with Gasteiger partial charge in [0, 0.05) is 22.5 Å². The molecule has 0 aliphatic carbocycles. The lowest BCUT2D eigenvalue weighted by atomic mass is 9.89. The number of rotatable bonds is 4. The lowest BCUT2D eigenvalue weighted by Gasteiger charge is -2.22. The number of aliphatic hydroxyl groups is 1. The highest BCUT2D eigenvalue weighted by molar-refractivity contribution is 6.30. The maximum atomic E-state index is 10.5. The predicted octanol–water partition coefficient (Wildman–Crippen LogP) is 3.77. The first-order valence-corrected chi connectivity index (χ1v) is 6.76. The van der Waals surface area contributed by atoms with E-state index in [0.717, 1.165) is 11.1 Å². The molecule has 2 unspecified atom stereocenters. The molecule has 2 atom stereocenters. The molecule has 100 valence electrons. The van der Waals surface area contributed by atoms with E-state index in [-0.39, 0.29) is 5.92 Å². The normalized spacial score (nSPS) is 14.1. The topological polar surface area (TPSA) is 46.2 Å². The lowest BCUT2D eigenvalue weighted by Crippen LogP contribution is -2.20. The average Bonchev–Trinajstić information content (AvgIpc) is 2.41. The second kappa shape index (κ2) is 6.40. The van der Waals surface area contributed by atoms with Crippen LogP contribution in [0.4, 0.5) is 0 Å². The highest BCUT2D eigenvalue weighted by atomic mass is 35.5. The monoisotopic (exact) mass is 295 g/mol. The van der Waals surface area contributed by atoms with Crippen molar-refractivity contribution in [3.8, 4) is 0 Å². The van der Waals surface area contributed by atoms with E-state index in [0.29, 0.717) is 16.6 Å². The minimum Gasteiger partial charge on any atom is -0.388 e. The van der Waals surface area contributed by atoms with Gasteiger partial charge in [0.2, 0.25) is 0 Å². The van der Waals surface area contributed by atoms with Crippen LogP contribution in [0.25, 0.3) is 0 Å². The van der Waals surface area contributed by atoms with E-state index in [1.807, 2.05) is 24.3 Å². The second-order valence-corrected chi connectivity index (χ2v) is 5.27.